The predicted octanol–water partition coefficient (Wildman–Crippen LogP) is 1.81. The molecule has 0 saturated carbocycles. The van der Waals surface area contributed by atoms with Gasteiger partial charge in [-0.05, 0) is 38.8 Å². The number of ether oxygens (including phenoxy) is 2. The van der Waals surface area contributed by atoms with Gasteiger partial charge in [0.1, 0.15) is 16.9 Å². The molecular weight excluding hydrogens is 294 g/mol. The van der Waals surface area contributed by atoms with Gasteiger partial charge in [0, 0.05) is 0 Å². The SMILES string of the molecule is COc1c(C[C@H](Cl)B(O)O)cccc1C(=O)OC(C)(C)C. The topological polar surface area (TPSA) is 76.0 Å². The molecule has 0 radical (unpaired) electrons. The minimum absolute atomic E-state index is 0.152. The molecule has 116 valence electrons. The number of benzene rings is 1. The molecule has 0 amide bonds. The Bertz CT molecular complexity index is 499. The van der Waals surface area contributed by atoms with Crippen molar-refractivity contribution in [3.63, 3.8) is 0 Å². The molecule has 5 nitrogen and oxygen atoms in total. The fourth-order valence-electron chi connectivity index (χ4n) is 1.80. The van der Waals surface area contributed by atoms with Crippen LogP contribution in [0.25, 0.3) is 0 Å². The van der Waals surface area contributed by atoms with Crippen LogP contribution >= 0.6 is 11.6 Å². The van der Waals surface area contributed by atoms with Crippen LogP contribution in [-0.2, 0) is 11.2 Å². The maximum atomic E-state index is 12.2. The first-order chi connectivity index (χ1) is 9.65. The Hall–Kier alpha value is -1.24. The summed E-state index contributed by atoms with van der Waals surface area (Å²) in [5, 5.41) is 17.2. The Kier molecular flexibility index (Phi) is 6.07. The van der Waals surface area contributed by atoms with Crippen molar-refractivity contribution in [2.24, 2.45) is 0 Å². The highest BCUT2D eigenvalue weighted by Crippen LogP contribution is 2.28. The van der Waals surface area contributed by atoms with E-state index in [1.165, 1.54) is 7.11 Å². The summed E-state index contributed by atoms with van der Waals surface area (Å²) in [4.78, 5) is 12.2. The second-order valence-corrected chi connectivity index (χ2v) is 6.19. The number of carbonyl (C=O) groups excluding carboxylic acids is 1. The second kappa shape index (κ2) is 7.16. The molecule has 0 fully saturated rings. The van der Waals surface area contributed by atoms with E-state index >= 15 is 0 Å². The molecule has 0 heterocycles. The Balaban J connectivity index is 3.09. The molecule has 1 atom stereocenters. The Labute approximate surface area is 130 Å². The first-order valence-electron chi connectivity index (χ1n) is 6.55. The smallest absolute Gasteiger partial charge is 0.470 e. The van der Waals surface area contributed by atoms with Crippen molar-refractivity contribution in [1.82, 2.24) is 0 Å². The molecule has 7 heteroatoms. The second-order valence-electron chi connectivity index (χ2n) is 5.63. The van der Waals surface area contributed by atoms with Gasteiger partial charge < -0.3 is 19.5 Å². The zero-order valence-electron chi connectivity index (χ0n) is 12.6. The van der Waals surface area contributed by atoms with Crippen LogP contribution in [0, 0.1) is 0 Å². The van der Waals surface area contributed by atoms with Gasteiger partial charge in [-0.15, -0.1) is 11.6 Å². The van der Waals surface area contributed by atoms with Crippen LogP contribution in [0.1, 0.15) is 36.7 Å². The minimum atomic E-state index is -1.65. The highest BCUT2D eigenvalue weighted by molar-refractivity contribution is 6.57. The number of esters is 1. The number of hydrogen-bond acceptors (Lipinski definition) is 5. The van der Waals surface area contributed by atoms with E-state index in [2.05, 4.69) is 0 Å². The molecule has 2 N–H and O–H groups in total. The van der Waals surface area contributed by atoms with Gasteiger partial charge in [-0.2, -0.15) is 0 Å². The van der Waals surface area contributed by atoms with E-state index in [9.17, 15) is 4.79 Å². The standard InChI is InChI=1S/C14H20BClO5/c1-14(2,3)21-13(17)10-7-5-6-9(12(10)20-4)8-11(16)15(18)19/h5-7,11,18-19H,8H2,1-4H3/t11-/m0/s1. The molecule has 0 spiro atoms. The van der Waals surface area contributed by atoms with Gasteiger partial charge in [-0.1, -0.05) is 12.1 Å². The molecule has 0 aliphatic rings. The highest BCUT2D eigenvalue weighted by atomic mass is 35.5. The normalized spacial score (nSPS) is 12.7. The molecule has 1 aromatic carbocycles. The molecule has 0 saturated heterocycles. The number of methoxy groups -OCH3 is 1. The van der Waals surface area contributed by atoms with Crippen LogP contribution in [0.2, 0.25) is 0 Å². The Morgan fingerprint density at radius 2 is 2.00 bits per heavy atom. The van der Waals surface area contributed by atoms with Crippen LogP contribution in [0.3, 0.4) is 0 Å². The summed E-state index contributed by atoms with van der Waals surface area (Å²) in [5.41, 5.74) is 0.268. The zero-order valence-corrected chi connectivity index (χ0v) is 13.3. The summed E-state index contributed by atoms with van der Waals surface area (Å²) in [5.74, 6) is -0.171. The fraction of sp³-hybridized carbons (Fsp3) is 0.500. The summed E-state index contributed by atoms with van der Waals surface area (Å²) in [7, 11) is -0.216. The first-order valence-corrected chi connectivity index (χ1v) is 6.98. The molecule has 0 aliphatic heterocycles. The number of para-hydroxylation sites is 1. The molecule has 21 heavy (non-hydrogen) atoms. The van der Waals surface area contributed by atoms with Crippen molar-refractivity contribution in [1.29, 1.82) is 0 Å². The lowest BCUT2D eigenvalue weighted by Crippen LogP contribution is -2.28. The van der Waals surface area contributed by atoms with Crippen molar-refractivity contribution in [2.75, 3.05) is 7.11 Å². The van der Waals surface area contributed by atoms with Gasteiger partial charge in [0.2, 0.25) is 0 Å². The number of halogens is 1. The van der Waals surface area contributed by atoms with E-state index in [0.29, 0.717) is 11.3 Å². The van der Waals surface area contributed by atoms with Gasteiger partial charge in [-0.25, -0.2) is 4.79 Å². The monoisotopic (exact) mass is 314 g/mol. The van der Waals surface area contributed by atoms with Crippen molar-refractivity contribution in [3.8, 4) is 5.75 Å². The summed E-state index contributed by atoms with van der Waals surface area (Å²) >= 11 is 5.85. The quantitative estimate of drug-likeness (QED) is 0.492. The van der Waals surface area contributed by atoms with Crippen molar-refractivity contribution in [2.45, 2.75) is 38.1 Å². The van der Waals surface area contributed by atoms with Gasteiger partial charge in [0.15, 0.2) is 0 Å². The van der Waals surface area contributed by atoms with Crippen LogP contribution in [-0.4, -0.2) is 41.1 Å². The lowest BCUT2D eigenvalue weighted by molar-refractivity contribution is 0.00663. The minimum Gasteiger partial charge on any atom is -0.496 e. The van der Waals surface area contributed by atoms with E-state index in [0.717, 1.165) is 0 Å². The molecule has 1 aromatic rings. The van der Waals surface area contributed by atoms with E-state index in [-0.39, 0.29) is 12.0 Å². The molecule has 0 bridgehead atoms. The molecule has 0 aromatic heterocycles. The van der Waals surface area contributed by atoms with Crippen molar-refractivity contribution >= 4 is 24.7 Å². The predicted molar refractivity (Wildman–Crippen MR) is 81.7 cm³/mol. The van der Waals surface area contributed by atoms with E-state index in [4.69, 9.17) is 31.1 Å². The third-order valence-corrected chi connectivity index (χ3v) is 3.04. The van der Waals surface area contributed by atoms with E-state index in [1.54, 1.807) is 39.0 Å². The van der Waals surface area contributed by atoms with Crippen LogP contribution in [0.4, 0.5) is 0 Å². The summed E-state index contributed by atoms with van der Waals surface area (Å²) < 4.78 is 10.6. The molecule has 0 aliphatic carbocycles. The highest BCUT2D eigenvalue weighted by Gasteiger charge is 2.26. The van der Waals surface area contributed by atoms with Gasteiger partial charge >= 0.3 is 13.1 Å². The third-order valence-electron chi connectivity index (χ3n) is 2.66. The van der Waals surface area contributed by atoms with Crippen LogP contribution < -0.4 is 4.74 Å². The third kappa shape index (κ3) is 5.23. The Morgan fingerprint density at radius 1 is 1.38 bits per heavy atom. The molecule has 1 rings (SSSR count). The average molecular weight is 315 g/mol. The Morgan fingerprint density at radius 3 is 2.48 bits per heavy atom. The average Bonchev–Trinajstić information content (AvgIpc) is 2.36. The van der Waals surface area contributed by atoms with Gasteiger partial charge in [0.05, 0.1) is 12.4 Å². The first kappa shape index (κ1) is 17.8. The number of alkyl halides is 1. The van der Waals surface area contributed by atoms with E-state index in [1.807, 2.05) is 0 Å². The maximum Gasteiger partial charge on any atom is 0.470 e. The van der Waals surface area contributed by atoms with Crippen molar-refractivity contribution < 1.29 is 24.3 Å². The summed E-state index contributed by atoms with van der Waals surface area (Å²) in [6.07, 6.45) is 0.152. The lowest BCUT2D eigenvalue weighted by Gasteiger charge is -2.21. The van der Waals surface area contributed by atoms with Gasteiger partial charge in [0.25, 0.3) is 0 Å². The summed E-state index contributed by atoms with van der Waals surface area (Å²) in [6.45, 7) is 5.33. The number of hydrogen-bond donors (Lipinski definition) is 2. The largest absolute Gasteiger partial charge is 0.496 e. The van der Waals surface area contributed by atoms with Gasteiger partial charge in [-0.3, -0.25) is 0 Å². The van der Waals surface area contributed by atoms with Crippen molar-refractivity contribution in [3.05, 3.63) is 29.3 Å². The maximum absolute atomic E-state index is 12.2. The number of carbonyl (C=O) groups is 1. The van der Waals surface area contributed by atoms with E-state index < -0.39 is 24.0 Å². The van der Waals surface area contributed by atoms with Crippen LogP contribution in [0.5, 0.6) is 5.75 Å². The number of rotatable bonds is 5. The summed E-state index contributed by atoms with van der Waals surface area (Å²) in [6, 6.07) is 4.98. The molecular formula is C14H20BClO5. The molecule has 0 unspecified atom stereocenters. The zero-order chi connectivity index (χ0) is 16.2. The fourth-order valence-corrected chi connectivity index (χ4v) is 1.96. The van der Waals surface area contributed by atoms with Crippen LogP contribution in [0.15, 0.2) is 18.2 Å². The lowest BCUT2D eigenvalue weighted by atomic mass is 9.81.